The average Bonchev–Trinajstić information content (AvgIpc) is 2.74. The number of likely N-dealkylation sites (tertiary alicyclic amines) is 1. The van der Waals surface area contributed by atoms with Gasteiger partial charge in [0.15, 0.2) is 0 Å². The fraction of sp³-hybridized carbons (Fsp3) is 0.625. The summed E-state index contributed by atoms with van der Waals surface area (Å²) in [5.74, 6) is 0.772. The number of carbonyl (C=O) groups is 1. The average molecular weight is 418 g/mol. The highest BCUT2D eigenvalue weighted by Gasteiger charge is 2.39. The van der Waals surface area contributed by atoms with Gasteiger partial charge in [0.05, 0.1) is 12.2 Å². The van der Waals surface area contributed by atoms with Crippen LogP contribution in [0.25, 0.3) is 0 Å². The maximum Gasteiger partial charge on any atom is 0.410 e. The third-order valence-corrected chi connectivity index (χ3v) is 4.05. The van der Waals surface area contributed by atoms with Gasteiger partial charge in [-0.2, -0.15) is 0 Å². The first-order valence-electron chi connectivity index (χ1n) is 7.38. The lowest BCUT2D eigenvalue weighted by Gasteiger charge is -2.28. The summed E-state index contributed by atoms with van der Waals surface area (Å²) in [5, 5.41) is 0. The SMILES string of the molecule is Cc1nc(I)ccc1OC1(C)CCN(C(=O)OC(C)(C)C)C1. The number of aromatic nitrogens is 1. The molecule has 1 aromatic heterocycles. The van der Waals surface area contributed by atoms with Gasteiger partial charge in [0, 0.05) is 13.0 Å². The molecule has 2 heterocycles. The van der Waals surface area contributed by atoms with E-state index in [1.807, 2.05) is 46.8 Å². The molecule has 1 amide bonds. The van der Waals surface area contributed by atoms with E-state index in [1.165, 1.54) is 0 Å². The number of ether oxygens (including phenoxy) is 2. The number of carbonyl (C=O) groups excluding carboxylic acids is 1. The second kappa shape index (κ2) is 6.22. The van der Waals surface area contributed by atoms with Crippen molar-refractivity contribution in [2.24, 2.45) is 0 Å². The Bertz CT molecular complexity index is 571. The number of nitrogens with zero attached hydrogens (tertiary/aromatic N) is 2. The van der Waals surface area contributed by atoms with E-state index in [2.05, 4.69) is 27.6 Å². The highest BCUT2D eigenvalue weighted by Crippen LogP contribution is 2.30. The zero-order chi connectivity index (χ0) is 16.5. The number of amides is 1. The molecule has 1 aliphatic heterocycles. The van der Waals surface area contributed by atoms with E-state index in [0.29, 0.717) is 13.1 Å². The van der Waals surface area contributed by atoms with Crippen LogP contribution >= 0.6 is 22.6 Å². The van der Waals surface area contributed by atoms with E-state index in [0.717, 1.165) is 21.6 Å². The Morgan fingerprint density at radius 1 is 1.41 bits per heavy atom. The van der Waals surface area contributed by atoms with Crippen LogP contribution in [0.5, 0.6) is 5.75 Å². The lowest BCUT2D eigenvalue weighted by molar-refractivity contribution is 0.0228. The van der Waals surface area contributed by atoms with Crippen LogP contribution in [0.4, 0.5) is 4.79 Å². The Morgan fingerprint density at radius 2 is 2.09 bits per heavy atom. The van der Waals surface area contributed by atoms with Gasteiger partial charge in [0.25, 0.3) is 0 Å². The molecule has 0 bridgehead atoms. The van der Waals surface area contributed by atoms with Gasteiger partial charge in [0.1, 0.15) is 20.7 Å². The molecule has 0 aliphatic carbocycles. The molecule has 0 aromatic carbocycles. The molecular weight excluding hydrogens is 395 g/mol. The third-order valence-electron chi connectivity index (χ3n) is 3.45. The molecule has 6 heteroatoms. The van der Waals surface area contributed by atoms with E-state index in [-0.39, 0.29) is 6.09 Å². The van der Waals surface area contributed by atoms with Crippen LogP contribution in [0.2, 0.25) is 0 Å². The van der Waals surface area contributed by atoms with Crippen LogP contribution in [-0.4, -0.2) is 40.3 Å². The van der Waals surface area contributed by atoms with Crippen molar-refractivity contribution in [3.8, 4) is 5.75 Å². The van der Waals surface area contributed by atoms with Crippen molar-refractivity contribution in [2.75, 3.05) is 13.1 Å². The Morgan fingerprint density at radius 3 is 2.68 bits per heavy atom. The van der Waals surface area contributed by atoms with Crippen LogP contribution in [0.3, 0.4) is 0 Å². The molecule has 1 aromatic rings. The van der Waals surface area contributed by atoms with E-state index >= 15 is 0 Å². The van der Waals surface area contributed by atoms with Gasteiger partial charge in [-0.1, -0.05) is 0 Å². The normalized spacial score (nSPS) is 21.8. The van der Waals surface area contributed by atoms with Gasteiger partial charge < -0.3 is 14.4 Å². The highest BCUT2D eigenvalue weighted by atomic mass is 127. The van der Waals surface area contributed by atoms with Crippen LogP contribution in [0.15, 0.2) is 12.1 Å². The fourth-order valence-electron chi connectivity index (χ4n) is 2.39. The van der Waals surface area contributed by atoms with Crippen molar-refractivity contribution in [3.63, 3.8) is 0 Å². The minimum atomic E-state index is -0.479. The Labute approximate surface area is 145 Å². The molecule has 0 radical (unpaired) electrons. The van der Waals surface area contributed by atoms with Gasteiger partial charge >= 0.3 is 6.09 Å². The molecule has 22 heavy (non-hydrogen) atoms. The fourth-order valence-corrected chi connectivity index (χ4v) is 2.93. The second-order valence-electron chi connectivity index (χ2n) is 6.92. The topological polar surface area (TPSA) is 51.7 Å². The van der Waals surface area contributed by atoms with Crippen LogP contribution in [0, 0.1) is 10.6 Å². The lowest BCUT2D eigenvalue weighted by atomic mass is 10.1. The molecule has 1 atom stereocenters. The second-order valence-corrected chi connectivity index (χ2v) is 8.03. The molecule has 1 fully saturated rings. The summed E-state index contributed by atoms with van der Waals surface area (Å²) < 4.78 is 12.5. The number of hydrogen-bond acceptors (Lipinski definition) is 4. The van der Waals surface area contributed by atoms with Gasteiger partial charge in [-0.15, -0.1) is 0 Å². The molecule has 2 rings (SSSR count). The van der Waals surface area contributed by atoms with Gasteiger partial charge in [-0.3, -0.25) is 0 Å². The first-order chi connectivity index (χ1) is 10.1. The summed E-state index contributed by atoms with van der Waals surface area (Å²) in [4.78, 5) is 18.3. The Balaban J connectivity index is 2.02. The summed E-state index contributed by atoms with van der Waals surface area (Å²) >= 11 is 2.18. The number of halogens is 1. The van der Waals surface area contributed by atoms with Crippen LogP contribution in [0.1, 0.15) is 39.8 Å². The minimum Gasteiger partial charge on any atom is -0.484 e. The van der Waals surface area contributed by atoms with E-state index in [4.69, 9.17) is 9.47 Å². The van der Waals surface area contributed by atoms with E-state index in [1.54, 1.807) is 4.90 Å². The Hall–Kier alpha value is -1.05. The first kappa shape index (κ1) is 17.3. The third kappa shape index (κ3) is 4.47. The number of aryl methyl sites for hydroxylation is 1. The summed E-state index contributed by atoms with van der Waals surface area (Å²) in [7, 11) is 0. The quantitative estimate of drug-likeness (QED) is 0.542. The molecular formula is C16H23IN2O3. The molecule has 122 valence electrons. The predicted molar refractivity (Wildman–Crippen MR) is 93.1 cm³/mol. The van der Waals surface area contributed by atoms with Gasteiger partial charge in [-0.05, 0) is 69.3 Å². The van der Waals surface area contributed by atoms with Crippen molar-refractivity contribution in [2.45, 2.75) is 52.2 Å². The lowest BCUT2D eigenvalue weighted by Crippen LogP contribution is -2.40. The maximum atomic E-state index is 12.1. The monoisotopic (exact) mass is 418 g/mol. The number of rotatable bonds is 2. The molecule has 0 N–H and O–H groups in total. The summed E-state index contributed by atoms with van der Waals surface area (Å²) in [6.07, 6.45) is 0.495. The van der Waals surface area contributed by atoms with Crippen molar-refractivity contribution in [3.05, 3.63) is 21.5 Å². The molecule has 1 saturated heterocycles. The Kier molecular flexibility index (Phi) is 4.89. The van der Waals surface area contributed by atoms with Crippen molar-refractivity contribution < 1.29 is 14.3 Å². The zero-order valence-electron chi connectivity index (χ0n) is 13.8. The molecule has 1 aliphatic rings. The summed E-state index contributed by atoms with van der Waals surface area (Å²) in [6.45, 7) is 10.7. The molecule has 5 nitrogen and oxygen atoms in total. The highest BCUT2D eigenvalue weighted by molar-refractivity contribution is 14.1. The van der Waals surface area contributed by atoms with E-state index in [9.17, 15) is 4.79 Å². The predicted octanol–water partition coefficient (Wildman–Crippen LogP) is 3.77. The van der Waals surface area contributed by atoms with Crippen molar-refractivity contribution in [1.29, 1.82) is 0 Å². The van der Waals surface area contributed by atoms with Crippen LogP contribution in [-0.2, 0) is 4.74 Å². The smallest absolute Gasteiger partial charge is 0.410 e. The van der Waals surface area contributed by atoms with Gasteiger partial charge in [0.2, 0.25) is 0 Å². The standard InChI is InChI=1S/C16H23IN2O3/c1-11-12(6-7-13(17)18-11)21-16(5)8-9-19(10-16)14(20)22-15(2,3)4/h6-7H,8-10H2,1-5H3. The van der Waals surface area contributed by atoms with Crippen molar-refractivity contribution >= 4 is 28.7 Å². The van der Waals surface area contributed by atoms with Gasteiger partial charge in [-0.25, -0.2) is 9.78 Å². The van der Waals surface area contributed by atoms with Crippen LogP contribution < -0.4 is 4.74 Å². The maximum absolute atomic E-state index is 12.1. The molecule has 1 unspecified atom stereocenters. The summed E-state index contributed by atoms with van der Waals surface area (Å²) in [6, 6.07) is 3.86. The number of hydrogen-bond donors (Lipinski definition) is 0. The van der Waals surface area contributed by atoms with E-state index < -0.39 is 11.2 Å². The molecule has 0 saturated carbocycles. The zero-order valence-corrected chi connectivity index (χ0v) is 15.9. The summed E-state index contributed by atoms with van der Waals surface area (Å²) in [5.41, 5.74) is -0.0206. The first-order valence-corrected chi connectivity index (χ1v) is 8.46. The number of pyridine rings is 1. The minimum absolute atomic E-state index is 0.280. The molecule has 0 spiro atoms. The van der Waals surface area contributed by atoms with Crippen molar-refractivity contribution in [1.82, 2.24) is 9.88 Å². The largest absolute Gasteiger partial charge is 0.484 e.